The van der Waals surface area contributed by atoms with E-state index in [9.17, 15) is 0 Å². The second-order valence-corrected chi connectivity index (χ2v) is 5.23. The third kappa shape index (κ3) is 6.84. The minimum atomic E-state index is 0.337. The number of ether oxygens (including phenoxy) is 3. The summed E-state index contributed by atoms with van der Waals surface area (Å²) in [6, 6.07) is 7.46. The molecule has 0 fully saturated rings. The highest BCUT2D eigenvalue weighted by atomic mass is 32.1. The summed E-state index contributed by atoms with van der Waals surface area (Å²) >= 11 is 4.97. The largest absolute Gasteiger partial charge is 0.490 e. The molecular weight excluding hydrogens is 274 g/mol. The zero-order chi connectivity index (χ0) is 14.8. The van der Waals surface area contributed by atoms with Crippen LogP contribution >= 0.6 is 12.2 Å². The molecule has 20 heavy (non-hydrogen) atoms. The van der Waals surface area contributed by atoms with Crippen LogP contribution < -0.4 is 10.5 Å². The molecule has 1 aromatic rings. The average Bonchev–Trinajstić information content (AvgIpc) is 2.41. The summed E-state index contributed by atoms with van der Waals surface area (Å²) in [6.45, 7) is 7.17. The number of nitrogens with two attached hydrogens (primary N) is 1. The van der Waals surface area contributed by atoms with Crippen molar-refractivity contribution in [2.45, 2.75) is 13.8 Å². The standard InChI is InChI=1S/C15H23NO3S/c1-12(2)11-18-8-7-17-9-10-19-14-6-4-3-5-13(14)15(16)20/h3-6,12H,7-11H2,1-2H3,(H2,16,20). The summed E-state index contributed by atoms with van der Waals surface area (Å²) in [6.07, 6.45) is 0. The van der Waals surface area contributed by atoms with Crippen LogP contribution in [0.2, 0.25) is 0 Å². The van der Waals surface area contributed by atoms with Crippen molar-refractivity contribution in [2.75, 3.05) is 33.0 Å². The fourth-order valence-corrected chi connectivity index (χ4v) is 1.71. The van der Waals surface area contributed by atoms with Gasteiger partial charge in [-0.15, -0.1) is 0 Å². The van der Waals surface area contributed by atoms with E-state index in [1.807, 2.05) is 24.3 Å². The lowest BCUT2D eigenvalue weighted by Gasteiger charge is -2.11. The van der Waals surface area contributed by atoms with Gasteiger partial charge in [-0.05, 0) is 18.1 Å². The van der Waals surface area contributed by atoms with Crippen molar-refractivity contribution in [3.63, 3.8) is 0 Å². The Morgan fingerprint density at radius 3 is 2.45 bits per heavy atom. The van der Waals surface area contributed by atoms with Crippen LogP contribution in [0.3, 0.4) is 0 Å². The molecule has 0 saturated carbocycles. The molecule has 112 valence electrons. The van der Waals surface area contributed by atoms with E-state index in [0.717, 1.165) is 12.2 Å². The van der Waals surface area contributed by atoms with Gasteiger partial charge in [0.2, 0.25) is 0 Å². The molecule has 0 bridgehead atoms. The van der Waals surface area contributed by atoms with Gasteiger partial charge in [0.15, 0.2) is 0 Å². The molecule has 0 saturated heterocycles. The van der Waals surface area contributed by atoms with E-state index in [1.54, 1.807) is 0 Å². The van der Waals surface area contributed by atoms with Gasteiger partial charge >= 0.3 is 0 Å². The summed E-state index contributed by atoms with van der Waals surface area (Å²) in [5.41, 5.74) is 6.38. The first-order valence-electron chi connectivity index (χ1n) is 6.78. The summed E-state index contributed by atoms with van der Waals surface area (Å²) in [7, 11) is 0. The average molecular weight is 297 g/mol. The molecule has 0 aliphatic rings. The van der Waals surface area contributed by atoms with Gasteiger partial charge in [-0.2, -0.15) is 0 Å². The molecule has 5 heteroatoms. The van der Waals surface area contributed by atoms with Gasteiger partial charge in [0.05, 0.1) is 25.4 Å². The van der Waals surface area contributed by atoms with Gasteiger partial charge in [-0.1, -0.05) is 38.2 Å². The van der Waals surface area contributed by atoms with Crippen LogP contribution in [-0.4, -0.2) is 38.0 Å². The highest BCUT2D eigenvalue weighted by Gasteiger charge is 2.04. The maximum atomic E-state index is 5.63. The minimum Gasteiger partial charge on any atom is -0.490 e. The minimum absolute atomic E-state index is 0.337. The van der Waals surface area contributed by atoms with Crippen molar-refractivity contribution in [3.8, 4) is 5.75 Å². The molecule has 0 radical (unpaired) electrons. The van der Waals surface area contributed by atoms with Gasteiger partial charge in [0.1, 0.15) is 17.3 Å². The molecule has 1 rings (SSSR count). The number of rotatable bonds is 10. The Morgan fingerprint density at radius 1 is 1.10 bits per heavy atom. The molecule has 0 unspecified atom stereocenters. The first-order valence-corrected chi connectivity index (χ1v) is 7.19. The first-order chi connectivity index (χ1) is 9.61. The Kier molecular flexibility index (Phi) is 8.18. The van der Waals surface area contributed by atoms with Gasteiger partial charge in [-0.3, -0.25) is 0 Å². The van der Waals surface area contributed by atoms with Crippen molar-refractivity contribution < 1.29 is 14.2 Å². The highest BCUT2D eigenvalue weighted by molar-refractivity contribution is 7.80. The van der Waals surface area contributed by atoms with Crippen LogP contribution in [0.25, 0.3) is 0 Å². The summed E-state index contributed by atoms with van der Waals surface area (Å²) in [5.74, 6) is 1.24. The van der Waals surface area contributed by atoms with Crippen LogP contribution in [0.1, 0.15) is 19.4 Å². The number of hydrogen-bond donors (Lipinski definition) is 1. The van der Waals surface area contributed by atoms with Crippen molar-refractivity contribution >= 4 is 17.2 Å². The van der Waals surface area contributed by atoms with E-state index in [4.69, 9.17) is 32.2 Å². The summed E-state index contributed by atoms with van der Waals surface area (Å²) in [5, 5.41) is 0. The second-order valence-electron chi connectivity index (χ2n) is 4.79. The normalized spacial score (nSPS) is 10.8. The Balaban J connectivity index is 2.14. The van der Waals surface area contributed by atoms with Gasteiger partial charge < -0.3 is 19.9 Å². The van der Waals surface area contributed by atoms with Crippen molar-refractivity contribution in [1.82, 2.24) is 0 Å². The SMILES string of the molecule is CC(C)COCCOCCOc1ccccc1C(N)=S. The van der Waals surface area contributed by atoms with Crippen LogP contribution in [0.15, 0.2) is 24.3 Å². The van der Waals surface area contributed by atoms with Crippen molar-refractivity contribution in [2.24, 2.45) is 11.7 Å². The van der Waals surface area contributed by atoms with Crippen molar-refractivity contribution in [1.29, 1.82) is 0 Å². The molecule has 4 nitrogen and oxygen atoms in total. The molecule has 0 amide bonds. The quantitative estimate of drug-likeness (QED) is 0.531. The van der Waals surface area contributed by atoms with Crippen LogP contribution in [0.5, 0.6) is 5.75 Å². The topological polar surface area (TPSA) is 53.7 Å². The van der Waals surface area contributed by atoms with Crippen molar-refractivity contribution in [3.05, 3.63) is 29.8 Å². The maximum Gasteiger partial charge on any atom is 0.129 e. The maximum absolute atomic E-state index is 5.63. The molecule has 2 N–H and O–H groups in total. The monoisotopic (exact) mass is 297 g/mol. The highest BCUT2D eigenvalue weighted by Crippen LogP contribution is 2.17. The Bertz CT molecular complexity index is 410. The lowest BCUT2D eigenvalue weighted by atomic mass is 10.2. The molecule has 0 atom stereocenters. The Hall–Kier alpha value is -1.17. The molecule has 0 spiro atoms. The van der Waals surface area contributed by atoms with Gasteiger partial charge in [-0.25, -0.2) is 0 Å². The van der Waals surface area contributed by atoms with E-state index in [0.29, 0.717) is 43.1 Å². The molecule has 0 aliphatic heterocycles. The number of hydrogen-bond acceptors (Lipinski definition) is 4. The molecule has 0 aromatic heterocycles. The van der Waals surface area contributed by atoms with E-state index in [-0.39, 0.29) is 0 Å². The van der Waals surface area contributed by atoms with Gasteiger partial charge in [0.25, 0.3) is 0 Å². The Morgan fingerprint density at radius 2 is 1.75 bits per heavy atom. The Labute approximate surface area is 126 Å². The van der Waals surface area contributed by atoms with E-state index >= 15 is 0 Å². The zero-order valence-electron chi connectivity index (χ0n) is 12.1. The van der Waals surface area contributed by atoms with Gasteiger partial charge in [0, 0.05) is 6.61 Å². The smallest absolute Gasteiger partial charge is 0.129 e. The molecule has 0 aliphatic carbocycles. The predicted molar refractivity (Wildman–Crippen MR) is 84.3 cm³/mol. The fourth-order valence-electron chi connectivity index (χ4n) is 1.55. The van der Waals surface area contributed by atoms with Crippen LogP contribution in [-0.2, 0) is 9.47 Å². The second kappa shape index (κ2) is 9.69. The lowest BCUT2D eigenvalue weighted by Crippen LogP contribution is -2.15. The van der Waals surface area contributed by atoms with E-state index < -0.39 is 0 Å². The zero-order valence-corrected chi connectivity index (χ0v) is 12.9. The van der Waals surface area contributed by atoms with Crippen LogP contribution in [0, 0.1) is 5.92 Å². The fraction of sp³-hybridized carbons (Fsp3) is 0.533. The first kappa shape index (κ1) is 16.9. The molecule has 0 heterocycles. The van der Waals surface area contributed by atoms with E-state index in [2.05, 4.69) is 13.8 Å². The third-order valence-corrected chi connectivity index (χ3v) is 2.68. The number of para-hydroxylation sites is 1. The molecular formula is C15H23NO3S. The summed E-state index contributed by atoms with van der Waals surface area (Å²) in [4.78, 5) is 0.337. The predicted octanol–water partition coefficient (Wildman–Crippen LogP) is 2.39. The lowest BCUT2D eigenvalue weighted by molar-refractivity contribution is 0.0282. The molecule has 1 aromatic carbocycles. The van der Waals surface area contributed by atoms with E-state index in [1.165, 1.54) is 0 Å². The number of benzene rings is 1. The van der Waals surface area contributed by atoms with Crippen LogP contribution in [0.4, 0.5) is 0 Å². The number of thiocarbonyl (C=S) groups is 1. The third-order valence-electron chi connectivity index (χ3n) is 2.46. The summed E-state index contributed by atoms with van der Waals surface area (Å²) < 4.78 is 16.4.